The highest BCUT2D eigenvalue weighted by molar-refractivity contribution is 7.99. The van der Waals surface area contributed by atoms with E-state index in [4.69, 9.17) is 0 Å². The molecule has 2 aromatic rings. The van der Waals surface area contributed by atoms with Gasteiger partial charge in [-0.25, -0.2) is 8.42 Å². The summed E-state index contributed by atoms with van der Waals surface area (Å²) in [7, 11) is -1.68. The SMILES string of the molecule is CN1Cc2cccc(SCc3ccccc3)c2S1(=O)=O. The van der Waals surface area contributed by atoms with E-state index in [9.17, 15) is 8.42 Å². The number of hydrogen-bond acceptors (Lipinski definition) is 3. The Balaban J connectivity index is 1.92. The molecule has 0 bridgehead atoms. The number of hydrogen-bond donors (Lipinski definition) is 0. The molecule has 0 radical (unpaired) electrons. The molecule has 0 saturated carbocycles. The van der Waals surface area contributed by atoms with Gasteiger partial charge in [0.1, 0.15) is 4.90 Å². The average molecular weight is 305 g/mol. The molecule has 0 spiro atoms. The van der Waals surface area contributed by atoms with Crippen LogP contribution in [0.15, 0.2) is 58.3 Å². The van der Waals surface area contributed by atoms with Crippen molar-refractivity contribution in [1.82, 2.24) is 4.31 Å². The zero-order chi connectivity index (χ0) is 14.2. The van der Waals surface area contributed by atoms with Gasteiger partial charge in [-0.1, -0.05) is 42.5 Å². The molecule has 0 N–H and O–H groups in total. The Kier molecular flexibility index (Phi) is 3.58. The van der Waals surface area contributed by atoms with Gasteiger partial charge in [0, 0.05) is 24.2 Å². The van der Waals surface area contributed by atoms with Crippen LogP contribution in [0, 0.1) is 0 Å². The quantitative estimate of drug-likeness (QED) is 0.818. The lowest BCUT2D eigenvalue weighted by molar-refractivity contribution is 0.488. The van der Waals surface area contributed by atoms with Crippen molar-refractivity contribution in [2.45, 2.75) is 22.1 Å². The van der Waals surface area contributed by atoms with Gasteiger partial charge >= 0.3 is 0 Å². The summed E-state index contributed by atoms with van der Waals surface area (Å²) in [5.74, 6) is 0.774. The molecule has 0 saturated heterocycles. The summed E-state index contributed by atoms with van der Waals surface area (Å²) in [5, 5.41) is 0. The standard InChI is InChI=1S/C15H15NO2S2/c1-16-10-13-8-5-9-14(15(13)20(16,17)18)19-11-12-6-3-2-4-7-12/h2-9H,10-11H2,1H3. The second-order valence-electron chi connectivity index (χ2n) is 4.78. The van der Waals surface area contributed by atoms with Crippen molar-refractivity contribution in [3.63, 3.8) is 0 Å². The van der Waals surface area contributed by atoms with Crippen molar-refractivity contribution >= 4 is 21.8 Å². The first-order valence-corrected chi connectivity index (χ1v) is 8.76. The summed E-state index contributed by atoms with van der Waals surface area (Å²) >= 11 is 1.58. The fraction of sp³-hybridized carbons (Fsp3) is 0.200. The minimum Gasteiger partial charge on any atom is -0.207 e. The minimum atomic E-state index is -3.31. The molecular formula is C15H15NO2S2. The van der Waals surface area contributed by atoms with Crippen molar-refractivity contribution in [3.05, 3.63) is 59.7 Å². The normalized spacial score (nSPS) is 17.1. The molecule has 3 rings (SSSR count). The molecule has 0 atom stereocenters. The van der Waals surface area contributed by atoms with Crippen molar-refractivity contribution in [2.75, 3.05) is 7.05 Å². The maximum atomic E-state index is 12.3. The summed E-state index contributed by atoms with van der Waals surface area (Å²) in [4.78, 5) is 1.33. The second kappa shape index (κ2) is 5.24. The number of sulfonamides is 1. The van der Waals surface area contributed by atoms with Gasteiger partial charge in [0.2, 0.25) is 10.0 Å². The Morgan fingerprint density at radius 2 is 1.85 bits per heavy atom. The van der Waals surface area contributed by atoms with Gasteiger partial charge in [0.15, 0.2) is 0 Å². The van der Waals surface area contributed by atoms with E-state index >= 15 is 0 Å². The molecule has 20 heavy (non-hydrogen) atoms. The van der Waals surface area contributed by atoms with Gasteiger partial charge in [-0.2, -0.15) is 4.31 Å². The first-order valence-electron chi connectivity index (χ1n) is 6.34. The van der Waals surface area contributed by atoms with Gasteiger partial charge < -0.3 is 0 Å². The lowest BCUT2D eigenvalue weighted by Gasteiger charge is -2.09. The monoisotopic (exact) mass is 305 g/mol. The van der Waals surface area contributed by atoms with E-state index in [1.54, 1.807) is 18.8 Å². The topological polar surface area (TPSA) is 37.4 Å². The van der Waals surface area contributed by atoms with E-state index in [1.165, 1.54) is 9.87 Å². The molecule has 5 heteroatoms. The maximum Gasteiger partial charge on any atom is 0.244 e. The molecule has 0 unspecified atom stereocenters. The van der Waals surface area contributed by atoms with Crippen LogP contribution in [0.25, 0.3) is 0 Å². The maximum absolute atomic E-state index is 12.3. The highest BCUT2D eigenvalue weighted by atomic mass is 32.2. The molecule has 3 nitrogen and oxygen atoms in total. The molecule has 1 heterocycles. The summed E-state index contributed by atoms with van der Waals surface area (Å²) in [6, 6.07) is 15.8. The van der Waals surface area contributed by atoms with Crippen LogP contribution < -0.4 is 0 Å². The van der Waals surface area contributed by atoms with E-state index in [0.29, 0.717) is 11.4 Å². The van der Waals surface area contributed by atoms with Crippen LogP contribution >= 0.6 is 11.8 Å². The lowest BCUT2D eigenvalue weighted by Crippen LogP contribution is -2.18. The number of fused-ring (bicyclic) bond motifs is 1. The molecular weight excluding hydrogens is 290 g/mol. The van der Waals surface area contributed by atoms with Crippen LogP contribution in [0.2, 0.25) is 0 Å². The highest BCUT2D eigenvalue weighted by Crippen LogP contribution is 2.37. The molecule has 0 amide bonds. The van der Waals surface area contributed by atoms with Crippen LogP contribution in [-0.2, 0) is 22.3 Å². The van der Waals surface area contributed by atoms with Gasteiger partial charge in [0.05, 0.1) is 0 Å². The van der Waals surface area contributed by atoms with E-state index < -0.39 is 10.0 Å². The summed E-state index contributed by atoms with van der Waals surface area (Å²) in [6.07, 6.45) is 0. The molecule has 0 aromatic heterocycles. The van der Waals surface area contributed by atoms with Gasteiger partial charge in [-0.3, -0.25) is 0 Å². The Labute approximate surface area is 123 Å². The zero-order valence-corrected chi connectivity index (χ0v) is 12.7. The van der Waals surface area contributed by atoms with Crippen LogP contribution in [0.4, 0.5) is 0 Å². The molecule has 1 aliphatic heterocycles. The van der Waals surface area contributed by atoms with Gasteiger partial charge in [-0.15, -0.1) is 11.8 Å². The highest BCUT2D eigenvalue weighted by Gasteiger charge is 2.33. The van der Waals surface area contributed by atoms with Crippen LogP contribution in [-0.4, -0.2) is 19.8 Å². The Bertz CT molecular complexity index is 727. The summed E-state index contributed by atoms with van der Waals surface area (Å²) in [5.41, 5.74) is 2.09. The molecule has 2 aromatic carbocycles. The first-order chi connectivity index (χ1) is 9.59. The van der Waals surface area contributed by atoms with Crippen molar-refractivity contribution in [2.24, 2.45) is 0 Å². The predicted molar refractivity (Wildman–Crippen MR) is 81.1 cm³/mol. The fourth-order valence-electron chi connectivity index (χ4n) is 2.31. The predicted octanol–water partition coefficient (Wildman–Crippen LogP) is 3.11. The molecule has 104 valence electrons. The van der Waals surface area contributed by atoms with Crippen LogP contribution in [0.3, 0.4) is 0 Å². The largest absolute Gasteiger partial charge is 0.244 e. The third-order valence-electron chi connectivity index (χ3n) is 3.36. The smallest absolute Gasteiger partial charge is 0.207 e. The van der Waals surface area contributed by atoms with Crippen LogP contribution in [0.5, 0.6) is 0 Å². The molecule has 0 fully saturated rings. The number of rotatable bonds is 3. The lowest BCUT2D eigenvalue weighted by atomic mass is 10.2. The van der Waals surface area contributed by atoms with Gasteiger partial charge in [-0.05, 0) is 17.2 Å². The third-order valence-corrected chi connectivity index (χ3v) is 6.56. The molecule has 0 aliphatic carbocycles. The fourth-order valence-corrected chi connectivity index (χ4v) is 5.16. The summed E-state index contributed by atoms with van der Waals surface area (Å²) in [6.45, 7) is 0.470. The van der Waals surface area contributed by atoms with Gasteiger partial charge in [0.25, 0.3) is 0 Å². The first kappa shape index (κ1) is 13.7. The van der Waals surface area contributed by atoms with Crippen LogP contribution in [0.1, 0.15) is 11.1 Å². The third kappa shape index (κ3) is 2.37. The van der Waals surface area contributed by atoms with Crippen molar-refractivity contribution in [3.8, 4) is 0 Å². The van der Waals surface area contributed by atoms with Crippen molar-refractivity contribution < 1.29 is 8.42 Å². The minimum absolute atomic E-state index is 0.470. The average Bonchev–Trinajstić information content (AvgIpc) is 2.69. The van der Waals surface area contributed by atoms with E-state index in [-0.39, 0.29) is 0 Å². The number of nitrogens with zero attached hydrogens (tertiary/aromatic N) is 1. The second-order valence-corrected chi connectivity index (χ2v) is 7.78. The summed E-state index contributed by atoms with van der Waals surface area (Å²) < 4.78 is 26.1. The van der Waals surface area contributed by atoms with E-state index in [2.05, 4.69) is 12.1 Å². The van der Waals surface area contributed by atoms with Crippen molar-refractivity contribution in [1.29, 1.82) is 0 Å². The Morgan fingerprint density at radius 3 is 2.60 bits per heavy atom. The van der Waals surface area contributed by atoms with E-state index in [1.807, 2.05) is 36.4 Å². The zero-order valence-electron chi connectivity index (χ0n) is 11.1. The Hall–Kier alpha value is -1.30. The number of thioether (sulfide) groups is 1. The Morgan fingerprint density at radius 1 is 1.10 bits per heavy atom. The number of benzene rings is 2. The van der Waals surface area contributed by atoms with E-state index in [0.717, 1.165) is 16.2 Å². The molecule has 1 aliphatic rings.